The van der Waals surface area contributed by atoms with E-state index >= 15 is 0 Å². The second-order valence-corrected chi connectivity index (χ2v) is 3.63. The van der Waals surface area contributed by atoms with Crippen molar-refractivity contribution in [1.82, 2.24) is 4.90 Å². The highest BCUT2D eigenvalue weighted by molar-refractivity contribution is 5.78. The summed E-state index contributed by atoms with van der Waals surface area (Å²) >= 11 is 0. The topological polar surface area (TPSA) is 46.3 Å². The quantitative estimate of drug-likeness (QED) is 0.630. The molecule has 1 rings (SSSR count). The van der Waals surface area contributed by atoms with E-state index in [1.807, 2.05) is 4.90 Å². The minimum Gasteiger partial charge on any atom is -0.336 e. The summed E-state index contributed by atoms with van der Waals surface area (Å²) in [7, 11) is 0. The van der Waals surface area contributed by atoms with Crippen LogP contribution in [0.4, 0.5) is 0 Å². The SMILES string of the molecule is C[C@@H]1CCC[C@H](C)N1C(=O)CN. The molecule has 0 bridgehead atoms. The molecule has 2 N–H and O–H groups in total. The zero-order chi connectivity index (χ0) is 9.14. The molecule has 0 aromatic rings. The van der Waals surface area contributed by atoms with E-state index in [-0.39, 0.29) is 12.5 Å². The van der Waals surface area contributed by atoms with Crippen molar-refractivity contribution in [3.8, 4) is 0 Å². The van der Waals surface area contributed by atoms with Crippen molar-refractivity contribution in [2.75, 3.05) is 6.54 Å². The van der Waals surface area contributed by atoms with E-state index in [1.165, 1.54) is 6.42 Å². The molecule has 0 unspecified atom stereocenters. The maximum atomic E-state index is 11.4. The number of nitrogens with zero attached hydrogens (tertiary/aromatic N) is 1. The molecule has 3 nitrogen and oxygen atoms in total. The number of piperidine rings is 1. The first kappa shape index (κ1) is 9.52. The number of hydrogen-bond acceptors (Lipinski definition) is 2. The van der Waals surface area contributed by atoms with Crippen LogP contribution in [0.2, 0.25) is 0 Å². The predicted molar refractivity (Wildman–Crippen MR) is 48.7 cm³/mol. The Morgan fingerprint density at radius 1 is 1.42 bits per heavy atom. The van der Waals surface area contributed by atoms with Gasteiger partial charge in [0.2, 0.25) is 5.91 Å². The maximum absolute atomic E-state index is 11.4. The molecule has 2 atom stereocenters. The van der Waals surface area contributed by atoms with Crippen LogP contribution in [0.15, 0.2) is 0 Å². The Bertz CT molecular complexity index is 160. The largest absolute Gasteiger partial charge is 0.336 e. The lowest BCUT2D eigenvalue weighted by Crippen LogP contribution is -2.49. The predicted octanol–water partition coefficient (Wildman–Crippen LogP) is 0.735. The van der Waals surface area contributed by atoms with Gasteiger partial charge in [-0.25, -0.2) is 0 Å². The minimum atomic E-state index is 0.0923. The van der Waals surface area contributed by atoms with Gasteiger partial charge in [0.1, 0.15) is 0 Å². The third-order valence-electron chi connectivity index (χ3n) is 2.66. The van der Waals surface area contributed by atoms with Crippen molar-refractivity contribution < 1.29 is 4.79 Å². The highest BCUT2D eigenvalue weighted by atomic mass is 16.2. The van der Waals surface area contributed by atoms with Gasteiger partial charge < -0.3 is 10.6 Å². The summed E-state index contributed by atoms with van der Waals surface area (Å²) in [6.45, 7) is 4.35. The fourth-order valence-corrected chi connectivity index (χ4v) is 2.02. The Kier molecular flexibility index (Phi) is 3.09. The van der Waals surface area contributed by atoms with Gasteiger partial charge in [0.25, 0.3) is 0 Å². The van der Waals surface area contributed by atoms with E-state index < -0.39 is 0 Å². The number of rotatable bonds is 1. The molecule has 0 radical (unpaired) electrons. The van der Waals surface area contributed by atoms with Crippen LogP contribution in [0.25, 0.3) is 0 Å². The number of amides is 1. The van der Waals surface area contributed by atoms with Crippen molar-refractivity contribution >= 4 is 5.91 Å². The molecule has 0 aromatic carbocycles. The molecule has 0 spiro atoms. The number of carbonyl (C=O) groups excluding carboxylic acids is 1. The van der Waals surface area contributed by atoms with E-state index in [0.717, 1.165) is 12.8 Å². The first-order valence-corrected chi connectivity index (χ1v) is 4.68. The third kappa shape index (κ3) is 1.78. The van der Waals surface area contributed by atoms with Gasteiger partial charge in [-0.1, -0.05) is 0 Å². The molecule has 0 aromatic heterocycles. The Labute approximate surface area is 73.9 Å². The van der Waals surface area contributed by atoms with Gasteiger partial charge in [-0.3, -0.25) is 4.79 Å². The second-order valence-electron chi connectivity index (χ2n) is 3.63. The fourth-order valence-electron chi connectivity index (χ4n) is 2.02. The molecular weight excluding hydrogens is 152 g/mol. The molecule has 1 amide bonds. The Morgan fingerprint density at radius 3 is 2.33 bits per heavy atom. The molecule has 0 saturated carbocycles. The van der Waals surface area contributed by atoms with E-state index in [2.05, 4.69) is 13.8 Å². The zero-order valence-electron chi connectivity index (χ0n) is 7.92. The first-order chi connectivity index (χ1) is 5.66. The molecular formula is C9H18N2O. The van der Waals surface area contributed by atoms with E-state index in [9.17, 15) is 4.79 Å². The lowest BCUT2D eigenvalue weighted by Gasteiger charge is -2.38. The fraction of sp³-hybridized carbons (Fsp3) is 0.889. The van der Waals surface area contributed by atoms with Crippen LogP contribution in [0.1, 0.15) is 33.1 Å². The summed E-state index contributed by atoms with van der Waals surface area (Å²) < 4.78 is 0. The second kappa shape index (κ2) is 3.90. The van der Waals surface area contributed by atoms with Gasteiger partial charge >= 0.3 is 0 Å². The summed E-state index contributed by atoms with van der Waals surface area (Å²) in [4.78, 5) is 13.3. The maximum Gasteiger partial charge on any atom is 0.236 e. The van der Waals surface area contributed by atoms with Gasteiger partial charge in [0, 0.05) is 12.1 Å². The van der Waals surface area contributed by atoms with Crippen molar-refractivity contribution in [3.05, 3.63) is 0 Å². The lowest BCUT2D eigenvalue weighted by atomic mass is 9.97. The van der Waals surface area contributed by atoms with Crippen LogP contribution in [-0.2, 0) is 4.79 Å². The molecule has 1 saturated heterocycles. The van der Waals surface area contributed by atoms with E-state index in [0.29, 0.717) is 12.1 Å². The molecule has 70 valence electrons. The van der Waals surface area contributed by atoms with Crippen molar-refractivity contribution in [2.45, 2.75) is 45.2 Å². The Hall–Kier alpha value is -0.570. The van der Waals surface area contributed by atoms with Crippen LogP contribution in [0, 0.1) is 0 Å². The van der Waals surface area contributed by atoms with Gasteiger partial charge in [0.05, 0.1) is 6.54 Å². The number of hydrogen-bond donors (Lipinski definition) is 1. The number of likely N-dealkylation sites (tertiary alicyclic amines) is 1. The average molecular weight is 170 g/mol. The Balaban J connectivity index is 2.62. The molecule has 0 aliphatic carbocycles. The monoisotopic (exact) mass is 170 g/mol. The van der Waals surface area contributed by atoms with E-state index in [4.69, 9.17) is 5.73 Å². The molecule has 12 heavy (non-hydrogen) atoms. The van der Waals surface area contributed by atoms with Crippen LogP contribution in [0.3, 0.4) is 0 Å². The number of nitrogens with two attached hydrogens (primary N) is 1. The normalized spacial score (nSPS) is 30.4. The molecule has 1 fully saturated rings. The third-order valence-corrected chi connectivity index (χ3v) is 2.66. The van der Waals surface area contributed by atoms with Crippen LogP contribution < -0.4 is 5.73 Å². The van der Waals surface area contributed by atoms with Crippen molar-refractivity contribution in [1.29, 1.82) is 0 Å². The van der Waals surface area contributed by atoms with Crippen molar-refractivity contribution in [2.24, 2.45) is 5.73 Å². The molecule has 1 aliphatic heterocycles. The van der Waals surface area contributed by atoms with Crippen molar-refractivity contribution in [3.63, 3.8) is 0 Å². The summed E-state index contributed by atoms with van der Waals surface area (Å²) in [5.41, 5.74) is 5.34. The van der Waals surface area contributed by atoms with Gasteiger partial charge in [-0.05, 0) is 33.1 Å². The van der Waals surface area contributed by atoms with Gasteiger partial charge in [0.15, 0.2) is 0 Å². The van der Waals surface area contributed by atoms with E-state index in [1.54, 1.807) is 0 Å². The zero-order valence-corrected chi connectivity index (χ0v) is 7.92. The van der Waals surface area contributed by atoms with Gasteiger partial charge in [-0.2, -0.15) is 0 Å². The summed E-state index contributed by atoms with van der Waals surface area (Å²) in [5.74, 6) is 0.0923. The summed E-state index contributed by atoms with van der Waals surface area (Å²) in [6, 6.07) is 0.759. The highest BCUT2D eigenvalue weighted by Crippen LogP contribution is 2.21. The molecule has 1 heterocycles. The van der Waals surface area contributed by atoms with Crippen LogP contribution in [0.5, 0.6) is 0 Å². The summed E-state index contributed by atoms with van der Waals surface area (Å²) in [5, 5.41) is 0. The Morgan fingerprint density at radius 2 is 1.92 bits per heavy atom. The first-order valence-electron chi connectivity index (χ1n) is 4.68. The minimum absolute atomic E-state index is 0.0923. The molecule has 1 aliphatic rings. The lowest BCUT2D eigenvalue weighted by molar-refractivity contribution is -0.135. The van der Waals surface area contributed by atoms with Crippen LogP contribution in [-0.4, -0.2) is 29.4 Å². The van der Waals surface area contributed by atoms with Gasteiger partial charge in [-0.15, -0.1) is 0 Å². The van der Waals surface area contributed by atoms with Crippen LogP contribution >= 0.6 is 0 Å². The standard InChI is InChI=1S/C9H18N2O/c1-7-4-3-5-8(2)11(7)9(12)6-10/h7-8H,3-6,10H2,1-2H3/t7-,8+. The smallest absolute Gasteiger partial charge is 0.236 e. The average Bonchev–Trinajstić information content (AvgIpc) is 2.03. The summed E-state index contributed by atoms with van der Waals surface area (Å²) in [6.07, 6.45) is 3.48. The number of carbonyl (C=O) groups is 1. The molecule has 3 heteroatoms. The highest BCUT2D eigenvalue weighted by Gasteiger charge is 2.27.